The van der Waals surface area contributed by atoms with Crippen molar-refractivity contribution in [1.82, 2.24) is 10.1 Å². The Kier molecular flexibility index (Phi) is 3.40. The van der Waals surface area contributed by atoms with Gasteiger partial charge in [-0.1, -0.05) is 11.2 Å². The van der Waals surface area contributed by atoms with Gasteiger partial charge in [-0.25, -0.2) is 0 Å². The highest BCUT2D eigenvalue weighted by molar-refractivity contribution is 7.09. The first-order valence-electron chi connectivity index (χ1n) is 6.05. The molecule has 0 aliphatic carbocycles. The van der Waals surface area contributed by atoms with Crippen molar-refractivity contribution in [2.75, 3.05) is 6.54 Å². The lowest BCUT2D eigenvalue weighted by Gasteiger charge is -2.07. The summed E-state index contributed by atoms with van der Waals surface area (Å²) >= 11 is 1.69. The Morgan fingerprint density at radius 1 is 1.44 bits per heavy atom. The maximum atomic E-state index is 5.73. The van der Waals surface area contributed by atoms with Crippen LogP contribution in [0.2, 0.25) is 0 Å². The minimum Gasteiger partial charge on any atom is -0.364 e. The van der Waals surface area contributed by atoms with Crippen molar-refractivity contribution < 1.29 is 9.26 Å². The number of rotatable bonds is 4. The average molecular weight is 265 g/mol. The normalized spacial score (nSPS) is 23.6. The van der Waals surface area contributed by atoms with Crippen LogP contribution in [0.4, 0.5) is 0 Å². The van der Waals surface area contributed by atoms with Crippen LogP contribution in [0.1, 0.15) is 35.5 Å². The number of ether oxygens (including phenoxy) is 1. The highest BCUT2D eigenvalue weighted by Gasteiger charge is 2.29. The number of hydrogen-bond acceptors (Lipinski definition) is 6. The maximum Gasteiger partial charge on any atom is 0.255 e. The monoisotopic (exact) mass is 265 g/mol. The van der Waals surface area contributed by atoms with Crippen molar-refractivity contribution in [2.24, 2.45) is 5.73 Å². The van der Waals surface area contributed by atoms with Crippen LogP contribution in [0.3, 0.4) is 0 Å². The lowest BCUT2D eigenvalue weighted by atomic mass is 10.2. The molecule has 0 radical (unpaired) electrons. The molecule has 1 aliphatic rings. The molecule has 0 bridgehead atoms. The second-order valence-electron chi connectivity index (χ2n) is 4.36. The maximum absolute atomic E-state index is 5.73. The number of nitrogens with zero attached hydrogens (tertiary/aromatic N) is 2. The Labute approximate surface area is 109 Å². The molecule has 1 saturated heterocycles. The van der Waals surface area contributed by atoms with Gasteiger partial charge in [0.2, 0.25) is 0 Å². The Hall–Kier alpha value is -1.24. The number of thiophene rings is 1. The van der Waals surface area contributed by atoms with Crippen LogP contribution in [-0.4, -0.2) is 22.8 Å². The molecule has 2 aromatic rings. The SMILES string of the molecule is NCC1CCC(c2nc(Cc3cccs3)no2)O1. The molecule has 2 atom stereocenters. The molecule has 18 heavy (non-hydrogen) atoms. The van der Waals surface area contributed by atoms with Crippen LogP contribution in [0.15, 0.2) is 22.0 Å². The van der Waals surface area contributed by atoms with Gasteiger partial charge in [-0.3, -0.25) is 0 Å². The molecule has 0 spiro atoms. The summed E-state index contributed by atoms with van der Waals surface area (Å²) < 4.78 is 11.0. The first-order chi connectivity index (χ1) is 8.85. The molecule has 0 amide bonds. The van der Waals surface area contributed by atoms with Gasteiger partial charge in [0, 0.05) is 17.8 Å². The van der Waals surface area contributed by atoms with Crippen LogP contribution in [0.25, 0.3) is 0 Å². The number of nitrogens with two attached hydrogens (primary N) is 1. The standard InChI is InChI=1S/C12H15N3O2S/c13-7-8-3-4-10(16-8)12-14-11(15-17-12)6-9-2-1-5-18-9/h1-2,5,8,10H,3-4,6-7,13H2. The second kappa shape index (κ2) is 5.17. The summed E-state index contributed by atoms with van der Waals surface area (Å²) in [6, 6.07) is 4.09. The predicted molar refractivity (Wildman–Crippen MR) is 67.3 cm³/mol. The zero-order chi connectivity index (χ0) is 12.4. The molecule has 5 nitrogen and oxygen atoms in total. The third-order valence-corrected chi connectivity index (χ3v) is 3.92. The average Bonchev–Trinajstić information content (AvgIpc) is 3.09. The van der Waals surface area contributed by atoms with Crippen molar-refractivity contribution in [2.45, 2.75) is 31.5 Å². The molecule has 1 fully saturated rings. The smallest absolute Gasteiger partial charge is 0.255 e. The minimum absolute atomic E-state index is 0.0804. The lowest BCUT2D eigenvalue weighted by Crippen LogP contribution is -2.18. The van der Waals surface area contributed by atoms with Gasteiger partial charge in [0.05, 0.1) is 6.10 Å². The Morgan fingerprint density at radius 3 is 3.11 bits per heavy atom. The zero-order valence-corrected chi connectivity index (χ0v) is 10.7. The number of hydrogen-bond donors (Lipinski definition) is 1. The molecule has 0 aromatic carbocycles. The van der Waals surface area contributed by atoms with E-state index in [2.05, 4.69) is 16.2 Å². The summed E-state index contributed by atoms with van der Waals surface area (Å²) in [6.07, 6.45) is 2.63. The van der Waals surface area contributed by atoms with E-state index in [9.17, 15) is 0 Å². The van der Waals surface area contributed by atoms with E-state index >= 15 is 0 Å². The molecular weight excluding hydrogens is 250 g/mol. The van der Waals surface area contributed by atoms with Gasteiger partial charge >= 0.3 is 0 Å². The van der Waals surface area contributed by atoms with Crippen LogP contribution in [-0.2, 0) is 11.2 Å². The fraction of sp³-hybridized carbons (Fsp3) is 0.500. The van der Waals surface area contributed by atoms with Gasteiger partial charge in [-0.05, 0) is 24.3 Å². The van der Waals surface area contributed by atoms with Crippen molar-refractivity contribution in [3.63, 3.8) is 0 Å². The van der Waals surface area contributed by atoms with Gasteiger partial charge in [-0.15, -0.1) is 11.3 Å². The topological polar surface area (TPSA) is 74.2 Å². The molecule has 6 heteroatoms. The minimum atomic E-state index is -0.0804. The Bertz CT molecular complexity index is 497. The van der Waals surface area contributed by atoms with Crippen molar-refractivity contribution in [3.05, 3.63) is 34.1 Å². The van der Waals surface area contributed by atoms with Crippen molar-refractivity contribution >= 4 is 11.3 Å². The lowest BCUT2D eigenvalue weighted by molar-refractivity contribution is 0.0307. The van der Waals surface area contributed by atoms with Gasteiger partial charge in [-0.2, -0.15) is 4.98 Å². The molecule has 96 valence electrons. The molecule has 0 saturated carbocycles. The molecule has 3 rings (SSSR count). The van der Waals surface area contributed by atoms with E-state index in [1.54, 1.807) is 11.3 Å². The van der Waals surface area contributed by atoms with E-state index in [1.807, 2.05) is 11.4 Å². The molecule has 2 N–H and O–H groups in total. The second-order valence-corrected chi connectivity index (χ2v) is 5.40. The summed E-state index contributed by atoms with van der Waals surface area (Å²) in [5, 5.41) is 6.04. The Balaban J connectivity index is 1.66. The van der Waals surface area contributed by atoms with Gasteiger partial charge < -0.3 is 15.0 Å². The summed E-state index contributed by atoms with van der Waals surface area (Å²) in [5.41, 5.74) is 5.58. The van der Waals surface area contributed by atoms with E-state index in [1.165, 1.54) is 4.88 Å². The molecule has 3 heterocycles. The fourth-order valence-electron chi connectivity index (χ4n) is 2.10. The quantitative estimate of drug-likeness (QED) is 0.914. The van der Waals surface area contributed by atoms with Gasteiger partial charge in [0.25, 0.3) is 5.89 Å². The van der Waals surface area contributed by atoms with Crippen LogP contribution in [0.5, 0.6) is 0 Å². The largest absolute Gasteiger partial charge is 0.364 e. The molecule has 1 aliphatic heterocycles. The fourth-order valence-corrected chi connectivity index (χ4v) is 2.80. The zero-order valence-electron chi connectivity index (χ0n) is 9.91. The van der Waals surface area contributed by atoms with E-state index < -0.39 is 0 Å². The van der Waals surface area contributed by atoms with Crippen LogP contribution >= 0.6 is 11.3 Å². The van der Waals surface area contributed by atoms with E-state index in [-0.39, 0.29) is 12.2 Å². The molecular formula is C12H15N3O2S. The van der Waals surface area contributed by atoms with Gasteiger partial charge in [0.1, 0.15) is 6.10 Å². The van der Waals surface area contributed by atoms with Gasteiger partial charge in [0.15, 0.2) is 5.82 Å². The third kappa shape index (κ3) is 2.45. The Morgan fingerprint density at radius 2 is 2.39 bits per heavy atom. The van der Waals surface area contributed by atoms with Crippen molar-refractivity contribution in [3.8, 4) is 0 Å². The summed E-state index contributed by atoms with van der Waals surface area (Å²) in [5.74, 6) is 1.30. The third-order valence-electron chi connectivity index (χ3n) is 3.04. The van der Waals surface area contributed by atoms with E-state index in [0.717, 1.165) is 12.8 Å². The first kappa shape index (κ1) is 11.8. The van der Waals surface area contributed by atoms with E-state index in [4.69, 9.17) is 15.0 Å². The van der Waals surface area contributed by atoms with Crippen LogP contribution < -0.4 is 5.73 Å². The summed E-state index contributed by atoms with van der Waals surface area (Å²) in [4.78, 5) is 5.63. The van der Waals surface area contributed by atoms with E-state index in [0.29, 0.717) is 24.7 Å². The first-order valence-corrected chi connectivity index (χ1v) is 6.93. The highest BCUT2D eigenvalue weighted by atomic mass is 32.1. The molecule has 2 unspecified atom stereocenters. The number of aromatic nitrogens is 2. The van der Waals surface area contributed by atoms with Crippen LogP contribution in [0, 0.1) is 0 Å². The highest BCUT2D eigenvalue weighted by Crippen LogP contribution is 2.31. The summed E-state index contributed by atoms with van der Waals surface area (Å²) in [6.45, 7) is 0.548. The van der Waals surface area contributed by atoms with Crippen molar-refractivity contribution in [1.29, 1.82) is 0 Å². The predicted octanol–water partition coefficient (Wildman–Crippen LogP) is 1.90. The molecule has 2 aromatic heterocycles. The summed E-state index contributed by atoms with van der Waals surface area (Å²) in [7, 11) is 0.